The van der Waals surface area contributed by atoms with Crippen LogP contribution < -0.4 is 15.1 Å². The number of rotatable bonds is 4. The minimum absolute atomic E-state index is 0.0869. The van der Waals surface area contributed by atoms with E-state index in [-0.39, 0.29) is 38.8 Å². The topological polar surface area (TPSA) is 136 Å². The van der Waals surface area contributed by atoms with Crippen molar-refractivity contribution in [3.05, 3.63) is 58.5 Å². The summed E-state index contributed by atoms with van der Waals surface area (Å²) in [7, 11) is 2.91. The Morgan fingerprint density at radius 2 is 1.70 bits per heavy atom. The molecule has 0 aliphatic carbocycles. The van der Waals surface area contributed by atoms with E-state index in [9.17, 15) is 24.9 Å². The number of aliphatic hydroxyl groups is 2. The van der Waals surface area contributed by atoms with Gasteiger partial charge in [0.1, 0.15) is 41.1 Å². The summed E-state index contributed by atoms with van der Waals surface area (Å²) in [5.41, 5.74) is -1.73. The Bertz CT molecular complexity index is 1660. The van der Waals surface area contributed by atoms with Gasteiger partial charge in [-0.1, -0.05) is 18.7 Å². The number of hydrogen-bond donors (Lipinski definition) is 3. The largest absolute Gasteiger partial charge is 0.507 e. The van der Waals surface area contributed by atoms with Crippen molar-refractivity contribution in [3.8, 4) is 17.2 Å². The quantitative estimate of drug-likeness (QED) is 0.280. The molecule has 0 spiro atoms. The molecule has 1 aromatic heterocycles. The van der Waals surface area contributed by atoms with Crippen LogP contribution in [0.15, 0.2) is 46.1 Å². The second-order valence-corrected chi connectivity index (χ2v) is 9.27. The summed E-state index contributed by atoms with van der Waals surface area (Å²) < 4.78 is 22.9. The number of aromatic hydroxyl groups is 1. The lowest BCUT2D eigenvalue weighted by atomic mass is 9.81. The molecule has 5 rings (SSSR count). The van der Waals surface area contributed by atoms with Gasteiger partial charge >= 0.3 is 5.63 Å². The fourth-order valence-electron chi connectivity index (χ4n) is 5.15. The average Bonchev–Trinajstić information content (AvgIpc) is 2.89. The zero-order valence-electron chi connectivity index (χ0n) is 20.7. The number of methoxy groups -OCH3 is 2. The average molecular weight is 507 g/mol. The van der Waals surface area contributed by atoms with E-state index in [2.05, 4.69) is 6.58 Å². The molecule has 1 aliphatic heterocycles. The molecule has 3 aromatic carbocycles. The molecule has 1 aliphatic rings. The number of phenolic OH excluding ortho intramolecular Hbond substituents is 1. The van der Waals surface area contributed by atoms with Gasteiger partial charge in [-0.05, 0) is 49.2 Å². The molecule has 1 fully saturated rings. The molecular formula is C28H26O9. The second-order valence-electron chi connectivity index (χ2n) is 9.27. The number of ether oxygens (including phenoxy) is 3. The van der Waals surface area contributed by atoms with E-state index in [1.807, 2.05) is 0 Å². The van der Waals surface area contributed by atoms with Crippen molar-refractivity contribution in [2.75, 3.05) is 14.2 Å². The van der Waals surface area contributed by atoms with Crippen LogP contribution in [0.25, 0.3) is 38.6 Å². The first-order chi connectivity index (χ1) is 17.5. The Morgan fingerprint density at radius 1 is 1.03 bits per heavy atom. The van der Waals surface area contributed by atoms with Crippen LogP contribution in [-0.2, 0) is 9.53 Å². The van der Waals surface area contributed by atoms with E-state index in [4.69, 9.17) is 18.6 Å². The van der Waals surface area contributed by atoms with Gasteiger partial charge in [0.05, 0.1) is 25.0 Å². The van der Waals surface area contributed by atoms with Gasteiger partial charge in [0.2, 0.25) is 0 Å². The molecule has 3 N–H and O–H groups in total. The van der Waals surface area contributed by atoms with Crippen LogP contribution in [0.2, 0.25) is 0 Å². The number of hydrogen-bond acceptors (Lipinski definition) is 9. The van der Waals surface area contributed by atoms with Crippen molar-refractivity contribution < 1.29 is 38.7 Å². The standard InChI is InChI=1S/C28H26O9/c1-6-13-9-16-20(18(10-13)34-4)15-11-19(35-5)22-17(29)8-7-14(21(22)23(15)37-27(16)32)24-26(31)28(3,33)25(30)12(2)36-24/h6-12,24,26,29,31,33H,1H2,2-5H3. The molecule has 0 radical (unpaired) electrons. The number of fused-ring (bicyclic) bond motifs is 5. The highest BCUT2D eigenvalue weighted by Gasteiger charge is 2.51. The highest BCUT2D eigenvalue weighted by Crippen LogP contribution is 2.47. The zero-order valence-corrected chi connectivity index (χ0v) is 20.7. The second kappa shape index (κ2) is 8.58. The minimum atomic E-state index is -2.10. The predicted octanol–water partition coefficient (Wildman–Crippen LogP) is 3.61. The van der Waals surface area contributed by atoms with Crippen LogP contribution >= 0.6 is 0 Å². The van der Waals surface area contributed by atoms with Crippen LogP contribution in [0, 0.1) is 0 Å². The summed E-state index contributed by atoms with van der Waals surface area (Å²) in [5, 5.41) is 34.2. The van der Waals surface area contributed by atoms with Gasteiger partial charge in [0, 0.05) is 16.2 Å². The molecular weight excluding hydrogens is 480 g/mol. The molecule has 9 nitrogen and oxygen atoms in total. The number of Topliss-reactive ketones (excluding diaryl/α,β-unsaturated/α-hetero) is 1. The van der Waals surface area contributed by atoms with Crippen LogP contribution in [0.5, 0.6) is 17.2 Å². The molecule has 0 bridgehead atoms. The maximum atomic E-state index is 13.2. The molecule has 37 heavy (non-hydrogen) atoms. The van der Waals surface area contributed by atoms with Crippen LogP contribution in [0.1, 0.15) is 31.1 Å². The third-order valence-corrected chi connectivity index (χ3v) is 7.08. The van der Waals surface area contributed by atoms with Gasteiger partial charge in [-0.15, -0.1) is 0 Å². The number of ketones is 1. The van der Waals surface area contributed by atoms with Gasteiger partial charge < -0.3 is 33.9 Å². The Labute approximate surface area is 211 Å². The van der Waals surface area contributed by atoms with E-state index < -0.39 is 35.3 Å². The lowest BCUT2D eigenvalue weighted by Gasteiger charge is -2.41. The molecule has 4 atom stereocenters. The zero-order chi connectivity index (χ0) is 26.8. The van der Waals surface area contributed by atoms with Gasteiger partial charge in [0.15, 0.2) is 11.4 Å². The summed E-state index contributed by atoms with van der Waals surface area (Å²) in [5.74, 6) is -0.185. The highest BCUT2D eigenvalue weighted by atomic mass is 16.5. The molecule has 4 aromatic rings. The molecule has 0 amide bonds. The normalized spacial score (nSPS) is 24.1. The van der Waals surface area contributed by atoms with Crippen LogP contribution in [0.4, 0.5) is 0 Å². The van der Waals surface area contributed by atoms with E-state index in [1.54, 1.807) is 24.3 Å². The van der Waals surface area contributed by atoms with Crippen molar-refractivity contribution in [1.82, 2.24) is 0 Å². The third kappa shape index (κ3) is 3.50. The van der Waals surface area contributed by atoms with Crippen LogP contribution in [0.3, 0.4) is 0 Å². The van der Waals surface area contributed by atoms with Crippen molar-refractivity contribution >= 4 is 44.4 Å². The number of carbonyl (C=O) groups excluding carboxylic acids is 1. The van der Waals surface area contributed by atoms with Gasteiger partial charge in [-0.3, -0.25) is 4.79 Å². The maximum Gasteiger partial charge on any atom is 0.344 e. The maximum absolute atomic E-state index is 13.2. The summed E-state index contributed by atoms with van der Waals surface area (Å²) >= 11 is 0. The summed E-state index contributed by atoms with van der Waals surface area (Å²) in [6.07, 6.45) is -2.30. The van der Waals surface area contributed by atoms with Gasteiger partial charge in [0.25, 0.3) is 0 Å². The van der Waals surface area contributed by atoms with Crippen molar-refractivity contribution in [2.24, 2.45) is 0 Å². The number of benzene rings is 3. The molecule has 0 saturated carbocycles. The van der Waals surface area contributed by atoms with Gasteiger partial charge in [-0.2, -0.15) is 0 Å². The highest BCUT2D eigenvalue weighted by molar-refractivity contribution is 6.19. The lowest BCUT2D eigenvalue weighted by molar-refractivity contribution is -0.204. The summed E-state index contributed by atoms with van der Waals surface area (Å²) in [4.78, 5) is 25.7. The first-order valence-electron chi connectivity index (χ1n) is 11.6. The Morgan fingerprint density at radius 3 is 2.35 bits per heavy atom. The van der Waals surface area contributed by atoms with E-state index in [1.165, 1.54) is 40.2 Å². The lowest BCUT2D eigenvalue weighted by Crippen LogP contribution is -2.58. The SMILES string of the molecule is C=Cc1cc(OC)c2c(c1)c(=O)oc1c2cc(OC)c2c(O)ccc(C3OC(C)C(=O)C(C)(O)C3O)c21. The Balaban J connectivity index is 1.98. The van der Waals surface area contributed by atoms with Gasteiger partial charge in [-0.25, -0.2) is 4.79 Å². The number of aliphatic hydroxyl groups excluding tert-OH is 1. The summed E-state index contributed by atoms with van der Waals surface area (Å²) in [6.45, 7) is 6.46. The third-order valence-electron chi connectivity index (χ3n) is 7.08. The minimum Gasteiger partial charge on any atom is -0.507 e. The summed E-state index contributed by atoms with van der Waals surface area (Å²) in [6, 6.07) is 7.86. The van der Waals surface area contributed by atoms with E-state index in [0.717, 1.165) is 0 Å². The van der Waals surface area contributed by atoms with Crippen LogP contribution in [-0.4, -0.2) is 53.1 Å². The number of carbonyl (C=O) groups is 1. The first-order valence-corrected chi connectivity index (χ1v) is 11.6. The molecule has 1 saturated heterocycles. The van der Waals surface area contributed by atoms with Crippen molar-refractivity contribution in [3.63, 3.8) is 0 Å². The van der Waals surface area contributed by atoms with Crippen molar-refractivity contribution in [1.29, 1.82) is 0 Å². The van der Waals surface area contributed by atoms with E-state index >= 15 is 0 Å². The fraction of sp³-hybridized carbons (Fsp3) is 0.286. The Kier molecular flexibility index (Phi) is 5.74. The molecule has 192 valence electrons. The fourth-order valence-corrected chi connectivity index (χ4v) is 5.15. The predicted molar refractivity (Wildman–Crippen MR) is 137 cm³/mol. The molecule has 4 unspecified atom stereocenters. The Hall–Kier alpha value is -3.92. The first kappa shape index (κ1) is 24.8. The monoisotopic (exact) mass is 506 g/mol. The van der Waals surface area contributed by atoms with Crippen molar-refractivity contribution in [2.45, 2.75) is 37.8 Å². The molecule has 9 heteroatoms. The molecule has 2 heterocycles. The van der Waals surface area contributed by atoms with E-state index in [0.29, 0.717) is 22.1 Å². The smallest absolute Gasteiger partial charge is 0.344 e. The number of phenols is 1.